The summed E-state index contributed by atoms with van der Waals surface area (Å²) in [6.07, 6.45) is 12.3. The van der Waals surface area contributed by atoms with E-state index in [-0.39, 0.29) is 6.10 Å². The molecule has 0 aromatic heterocycles. The number of ether oxygens (including phenoxy) is 2. The summed E-state index contributed by atoms with van der Waals surface area (Å²) >= 11 is 0. The molecule has 23 heavy (non-hydrogen) atoms. The van der Waals surface area contributed by atoms with E-state index in [1.54, 1.807) is 7.11 Å². The van der Waals surface area contributed by atoms with Crippen molar-refractivity contribution in [1.82, 2.24) is 0 Å². The van der Waals surface area contributed by atoms with E-state index < -0.39 is 0 Å². The van der Waals surface area contributed by atoms with Crippen molar-refractivity contribution in [1.29, 1.82) is 0 Å². The first-order chi connectivity index (χ1) is 11.3. The minimum atomic E-state index is -0.125. The predicted octanol–water partition coefficient (Wildman–Crippen LogP) is 4.54. The van der Waals surface area contributed by atoms with E-state index in [0.717, 1.165) is 18.4 Å². The molecule has 1 aromatic carbocycles. The molecular formula is C20H30O3. The Morgan fingerprint density at radius 2 is 1.91 bits per heavy atom. The van der Waals surface area contributed by atoms with Crippen LogP contribution in [0, 0.1) is 5.92 Å². The summed E-state index contributed by atoms with van der Waals surface area (Å²) in [4.78, 5) is 0. The molecular weight excluding hydrogens is 288 g/mol. The molecule has 1 aliphatic carbocycles. The van der Waals surface area contributed by atoms with Gasteiger partial charge in [-0.15, -0.1) is 0 Å². The number of hydrogen-bond acceptors (Lipinski definition) is 3. The number of hydrogen-bond donors (Lipinski definition) is 1. The summed E-state index contributed by atoms with van der Waals surface area (Å²) < 4.78 is 10.2. The van der Waals surface area contributed by atoms with Gasteiger partial charge in [0, 0.05) is 7.11 Å². The van der Waals surface area contributed by atoms with E-state index in [1.807, 2.05) is 0 Å². The van der Waals surface area contributed by atoms with Crippen LogP contribution in [0.25, 0.3) is 6.08 Å². The highest BCUT2D eigenvalue weighted by Gasteiger charge is 2.20. The molecule has 1 aliphatic rings. The highest BCUT2D eigenvalue weighted by atomic mass is 16.7. The predicted molar refractivity (Wildman–Crippen MR) is 94.0 cm³/mol. The number of rotatable bonds is 9. The lowest BCUT2D eigenvalue weighted by Gasteiger charge is -2.26. The monoisotopic (exact) mass is 318 g/mol. The van der Waals surface area contributed by atoms with Crippen molar-refractivity contribution in [2.24, 2.45) is 5.92 Å². The third-order valence-corrected chi connectivity index (χ3v) is 4.58. The molecule has 1 N–H and O–H groups in total. The van der Waals surface area contributed by atoms with Crippen LogP contribution in [0.1, 0.15) is 56.1 Å². The summed E-state index contributed by atoms with van der Waals surface area (Å²) in [6, 6.07) is 8.34. The van der Waals surface area contributed by atoms with Crippen molar-refractivity contribution in [2.75, 3.05) is 13.9 Å². The molecule has 0 bridgehead atoms. The van der Waals surface area contributed by atoms with Crippen LogP contribution in [0.5, 0.6) is 0 Å². The molecule has 0 amide bonds. The van der Waals surface area contributed by atoms with Crippen LogP contribution in [0.4, 0.5) is 0 Å². The average Bonchev–Trinajstić information content (AvgIpc) is 2.61. The van der Waals surface area contributed by atoms with Gasteiger partial charge < -0.3 is 14.6 Å². The maximum atomic E-state index is 10.3. The number of methoxy groups -OCH3 is 1. The Bertz CT molecular complexity index is 446. The van der Waals surface area contributed by atoms with Gasteiger partial charge in [-0.25, -0.2) is 0 Å². The van der Waals surface area contributed by atoms with Gasteiger partial charge in [0.15, 0.2) is 0 Å². The van der Waals surface area contributed by atoms with Gasteiger partial charge in [-0.3, -0.25) is 0 Å². The molecule has 128 valence electrons. The van der Waals surface area contributed by atoms with E-state index in [9.17, 15) is 5.11 Å². The Balaban J connectivity index is 1.68. The highest BCUT2D eigenvalue weighted by molar-refractivity contribution is 5.49. The first kappa shape index (κ1) is 18.2. The van der Waals surface area contributed by atoms with Gasteiger partial charge in [-0.2, -0.15) is 0 Å². The normalized spacial score (nSPS) is 17.7. The second-order valence-corrected chi connectivity index (χ2v) is 6.44. The second-order valence-electron chi connectivity index (χ2n) is 6.44. The summed E-state index contributed by atoms with van der Waals surface area (Å²) in [5.74, 6) is 0.531. The van der Waals surface area contributed by atoms with Crippen molar-refractivity contribution in [3.8, 4) is 0 Å². The van der Waals surface area contributed by atoms with E-state index in [2.05, 4.69) is 36.4 Å². The molecule has 1 fully saturated rings. The Morgan fingerprint density at radius 3 is 2.61 bits per heavy atom. The molecule has 1 aromatic rings. The fraction of sp³-hybridized carbons (Fsp3) is 0.600. The van der Waals surface area contributed by atoms with E-state index in [1.165, 1.54) is 37.7 Å². The molecule has 1 saturated carbocycles. The molecule has 0 radical (unpaired) electrons. The van der Waals surface area contributed by atoms with Gasteiger partial charge in [0.05, 0.1) is 12.7 Å². The van der Waals surface area contributed by atoms with Crippen LogP contribution in [-0.2, 0) is 16.1 Å². The Kier molecular flexibility index (Phi) is 8.37. The molecule has 3 heteroatoms. The van der Waals surface area contributed by atoms with Gasteiger partial charge in [-0.1, -0.05) is 55.7 Å². The summed E-state index contributed by atoms with van der Waals surface area (Å²) in [5, 5.41) is 10.3. The van der Waals surface area contributed by atoms with Crippen molar-refractivity contribution in [2.45, 2.75) is 57.7 Å². The minimum absolute atomic E-state index is 0.125. The first-order valence-electron chi connectivity index (χ1n) is 8.80. The van der Waals surface area contributed by atoms with Crippen LogP contribution in [-0.4, -0.2) is 25.1 Å². The maximum Gasteiger partial charge on any atom is 0.146 e. The number of benzene rings is 1. The standard InChI is InChI=1S/C20H30O3/c1-22-16-23-15-18-13-11-17(12-14-18)7-5-6-10-20(21)19-8-3-2-4-9-19/h5,7,11-14,19-21H,2-4,6,8-10,15-16H2,1H3/b7-5+. The second kappa shape index (κ2) is 10.6. The van der Waals surface area contributed by atoms with Gasteiger partial charge in [0.1, 0.15) is 6.79 Å². The van der Waals surface area contributed by atoms with Crippen molar-refractivity contribution >= 4 is 6.08 Å². The zero-order valence-corrected chi connectivity index (χ0v) is 14.2. The van der Waals surface area contributed by atoms with Crippen LogP contribution >= 0.6 is 0 Å². The zero-order valence-electron chi connectivity index (χ0n) is 14.2. The number of aliphatic hydroxyl groups is 1. The van der Waals surface area contributed by atoms with Crippen molar-refractivity contribution < 1.29 is 14.6 Å². The zero-order chi connectivity index (χ0) is 16.3. The molecule has 1 atom stereocenters. The van der Waals surface area contributed by atoms with E-state index in [4.69, 9.17) is 9.47 Å². The van der Waals surface area contributed by atoms with E-state index >= 15 is 0 Å². The Morgan fingerprint density at radius 1 is 1.17 bits per heavy atom. The molecule has 0 aliphatic heterocycles. The SMILES string of the molecule is COCOCc1ccc(/C=C/CCC(O)C2CCCCC2)cc1. The third kappa shape index (κ3) is 6.86. The highest BCUT2D eigenvalue weighted by Crippen LogP contribution is 2.28. The lowest BCUT2D eigenvalue weighted by molar-refractivity contribution is -0.0390. The van der Waals surface area contributed by atoms with Crippen LogP contribution in [0.3, 0.4) is 0 Å². The number of aliphatic hydroxyl groups excluding tert-OH is 1. The molecule has 1 unspecified atom stereocenters. The molecule has 0 spiro atoms. The summed E-state index contributed by atoms with van der Waals surface area (Å²) in [7, 11) is 1.62. The van der Waals surface area contributed by atoms with Crippen molar-refractivity contribution in [3.63, 3.8) is 0 Å². The summed E-state index contributed by atoms with van der Waals surface area (Å²) in [6.45, 7) is 0.899. The van der Waals surface area contributed by atoms with Gasteiger partial charge in [0.2, 0.25) is 0 Å². The Labute approximate surface area is 140 Å². The van der Waals surface area contributed by atoms with Gasteiger partial charge in [-0.05, 0) is 42.7 Å². The molecule has 3 nitrogen and oxygen atoms in total. The van der Waals surface area contributed by atoms with Crippen LogP contribution in [0.15, 0.2) is 30.3 Å². The fourth-order valence-corrected chi connectivity index (χ4v) is 3.21. The lowest BCUT2D eigenvalue weighted by Crippen LogP contribution is -2.22. The number of allylic oxidation sites excluding steroid dienone is 1. The first-order valence-corrected chi connectivity index (χ1v) is 8.80. The largest absolute Gasteiger partial charge is 0.393 e. The van der Waals surface area contributed by atoms with Gasteiger partial charge in [0.25, 0.3) is 0 Å². The molecule has 0 saturated heterocycles. The summed E-state index contributed by atoms with van der Waals surface area (Å²) in [5.41, 5.74) is 2.33. The van der Waals surface area contributed by atoms with Crippen LogP contribution < -0.4 is 0 Å². The smallest absolute Gasteiger partial charge is 0.146 e. The topological polar surface area (TPSA) is 38.7 Å². The average molecular weight is 318 g/mol. The van der Waals surface area contributed by atoms with Crippen molar-refractivity contribution in [3.05, 3.63) is 41.5 Å². The van der Waals surface area contributed by atoms with Gasteiger partial charge >= 0.3 is 0 Å². The maximum absolute atomic E-state index is 10.3. The third-order valence-electron chi connectivity index (χ3n) is 4.58. The van der Waals surface area contributed by atoms with E-state index in [0.29, 0.717) is 19.3 Å². The minimum Gasteiger partial charge on any atom is -0.393 e. The van der Waals surface area contributed by atoms with Crippen LogP contribution in [0.2, 0.25) is 0 Å². The quantitative estimate of drug-likeness (QED) is 0.536. The molecule has 2 rings (SSSR count). The Hall–Kier alpha value is -1.16. The fourth-order valence-electron chi connectivity index (χ4n) is 3.21. The molecule has 0 heterocycles. The lowest BCUT2D eigenvalue weighted by atomic mass is 9.84.